The minimum absolute atomic E-state index is 0.0418. The van der Waals surface area contributed by atoms with Gasteiger partial charge in [-0.1, -0.05) is 54.8 Å². The van der Waals surface area contributed by atoms with Gasteiger partial charge < -0.3 is 10.2 Å². The highest BCUT2D eigenvalue weighted by molar-refractivity contribution is 7.92. The van der Waals surface area contributed by atoms with Gasteiger partial charge in [0, 0.05) is 18.1 Å². The molecule has 0 aromatic heterocycles. The summed E-state index contributed by atoms with van der Waals surface area (Å²) < 4.78 is 41.9. The summed E-state index contributed by atoms with van der Waals surface area (Å²) in [7, 11) is -4.26. The third-order valence-corrected chi connectivity index (χ3v) is 8.26. The number of unbranched alkanes of at least 4 members (excludes halogenated alkanes) is 1. The maximum Gasteiger partial charge on any atom is 0.264 e. The number of amides is 2. The van der Waals surface area contributed by atoms with Gasteiger partial charge in [-0.2, -0.15) is 0 Å². The van der Waals surface area contributed by atoms with Crippen molar-refractivity contribution in [2.45, 2.75) is 51.1 Å². The second-order valence-corrected chi connectivity index (χ2v) is 11.6. The van der Waals surface area contributed by atoms with Crippen molar-refractivity contribution in [1.82, 2.24) is 10.2 Å². The summed E-state index contributed by atoms with van der Waals surface area (Å²) in [6, 6.07) is 17.1. The molecule has 0 saturated carbocycles. The van der Waals surface area contributed by atoms with E-state index >= 15 is 0 Å². The summed E-state index contributed by atoms with van der Waals surface area (Å²) in [4.78, 5) is 28.0. The Bertz CT molecular complexity index is 1380. The average molecular weight is 574 g/mol. The molecule has 0 aliphatic rings. The zero-order valence-electron chi connectivity index (χ0n) is 22.2. The van der Waals surface area contributed by atoms with Gasteiger partial charge in [0.2, 0.25) is 11.8 Å². The maximum absolute atomic E-state index is 13.8. The molecule has 0 spiro atoms. The van der Waals surface area contributed by atoms with E-state index in [1.165, 1.54) is 4.90 Å². The first-order chi connectivity index (χ1) is 18.5. The van der Waals surface area contributed by atoms with Crippen LogP contribution in [0.15, 0.2) is 77.7 Å². The van der Waals surface area contributed by atoms with Crippen LogP contribution in [0.4, 0.5) is 10.1 Å². The summed E-state index contributed by atoms with van der Waals surface area (Å²) in [6.45, 7) is 5.41. The largest absolute Gasteiger partial charge is 0.354 e. The zero-order valence-corrected chi connectivity index (χ0v) is 23.8. The van der Waals surface area contributed by atoms with Crippen molar-refractivity contribution in [2.24, 2.45) is 0 Å². The number of nitrogens with one attached hydrogen (secondary N) is 1. The lowest BCUT2D eigenvalue weighted by Crippen LogP contribution is -2.51. The van der Waals surface area contributed by atoms with Gasteiger partial charge in [0.25, 0.3) is 10.0 Å². The molecule has 0 aliphatic heterocycles. The van der Waals surface area contributed by atoms with E-state index in [0.717, 1.165) is 47.0 Å². The van der Waals surface area contributed by atoms with Crippen LogP contribution in [0.25, 0.3) is 0 Å². The number of halogens is 2. The molecule has 2 amide bonds. The fourth-order valence-corrected chi connectivity index (χ4v) is 5.55. The number of hydrogen-bond donors (Lipinski definition) is 1. The molecule has 3 aromatic carbocycles. The number of anilines is 1. The van der Waals surface area contributed by atoms with Crippen LogP contribution in [0.1, 0.15) is 37.8 Å². The monoisotopic (exact) mass is 573 g/mol. The minimum Gasteiger partial charge on any atom is -0.354 e. The number of aryl methyl sites for hydroxylation is 1. The smallest absolute Gasteiger partial charge is 0.264 e. The van der Waals surface area contributed by atoms with Crippen molar-refractivity contribution in [1.29, 1.82) is 0 Å². The molecular weight excluding hydrogens is 541 g/mol. The van der Waals surface area contributed by atoms with Gasteiger partial charge in [0.1, 0.15) is 18.4 Å². The number of nitrogens with zero attached hydrogens (tertiary/aromatic N) is 2. The van der Waals surface area contributed by atoms with Gasteiger partial charge in [-0.25, -0.2) is 12.8 Å². The number of sulfonamides is 1. The molecule has 1 atom stereocenters. The van der Waals surface area contributed by atoms with E-state index < -0.39 is 34.3 Å². The van der Waals surface area contributed by atoms with Crippen molar-refractivity contribution in [3.8, 4) is 0 Å². The number of rotatable bonds is 12. The van der Waals surface area contributed by atoms with E-state index in [9.17, 15) is 22.4 Å². The topological polar surface area (TPSA) is 86.8 Å². The molecule has 39 heavy (non-hydrogen) atoms. The van der Waals surface area contributed by atoms with E-state index in [-0.39, 0.29) is 23.0 Å². The Morgan fingerprint density at radius 2 is 1.69 bits per heavy atom. The molecule has 3 aromatic rings. The van der Waals surface area contributed by atoms with Gasteiger partial charge >= 0.3 is 0 Å². The summed E-state index contributed by atoms with van der Waals surface area (Å²) in [5.74, 6) is -1.51. The lowest BCUT2D eigenvalue weighted by atomic mass is 10.1. The molecule has 1 unspecified atom stereocenters. The first-order valence-electron chi connectivity index (χ1n) is 12.7. The van der Waals surface area contributed by atoms with Gasteiger partial charge in [0.05, 0.1) is 10.6 Å². The van der Waals surface area contributed by atoms with Crippen LogP contribution in [0, 0.1) is 12.7 Å². The summed E-state index contributed by atoms with van der Waals surface area (Å²) in [5, 5.41) is 3.31. The van der Waals surface area contributed by atoms with Crippen LogP contribution >= 0.6 is 11.6 Å². The molecule has 208 valence electrons. The van der Waals surface area contributed by atoms with Crippen LogP contribution in [-0.4, -0.2) is 44.3 Å². The lowest BCUT2D eigenvalue weighted by molar-refractivity contribution is -0.139. The normalized spacial score (nSPS) is 12.0. The Kier molecular flexibility index (Phi) is 10.5. The van der Waals surface area contributed by atoms with E-state index in [2.05, 4.69) is 5.32 Å². The molecule has 7 nitrogen and oxygen atoms in total. The summed E-state index contributed by atoms with van der Waals surface area (Å²) >= 11 is 6.15. The quantitative estimate of drug-likeness (QED) is 0.297. The second-order valence-electron chi connectivity index (χ2n) is 9.27. The predicted molar refractivity (Wildman–Crippen MR) is 151 cm³/mol. The Hall–Kier alpha value is -3.43. The van der Waals surface area contributed by atoms with Crippen molar-refractivity contribution in [2.75, 3.05) is 17.4 Å². The third kappa shape index (κ3) is 8.03. The summed E-state index contributed by atoms with van der Waals surface area (Å²) in [6.07, 6.45) is 1.68. The molecular formula is C29H33ClFN3O4S. The number of carbonyl (C=O) groups excluding carboxylic acids is 2. The van der Waals surface area contributed by atoms with Crippen molar-refractivity contribution in [3.63, 3.8) is 0 Å². The molecule has 1 N–H and O–H groups in total. The van der Waals surface area contributed by atoms with E-state index in [1.54, 1.807) is 55.5 Å². The molecule has 0 saturated heterocycles. The summed E-state index contributed by atoms with van der Waals surface area (Å²) in [5.41, 5.74) is 1.86. The average Bonchev–Trinajstić information content (AvgIpc) is 2.90. The third-order valence-electron chi connectivity index (χ3n) is 6.24. The van der Waals surface area contributed by atoms with E-state index in [0.29, 0.717) is 17.1 Å². The van der Waals surface area contributed by atoms with Crippen LogP contribution in [0.5, 0.6) is 0 Å². The molecule has 0 aliphatic carbocycles. The molecule has 0 heterocycles. The Morgan fingerprint density at radius 1 is 1.03 bits per heavy atom. The molecule has 0 fully saturated rings. The van der Waals surface area contributed by atoms with Crippen LogP contribution in [0.3, 0.4) is 0 Å². The van der Waals surface area contributed by atoms with Gasteiger partial charge in [0.15, 0.2) is 0 Å². The van der Waals surface area contributed by atoms with Gasteiger partial charge in [-0.3, -0.25) is 13.9 Å². The highest BCUT2D eigenvalue weighted by Crippen LogP contribution is 2.25. The number of benzene rings is 3. The highest BCUT2D eigenvalue weighted by atomic mass is 35.5. The van der Waals surface area contributed by atoms with Gasteiger partial charge in [-0.15, -0.1) is 0 Å². The van der Waals surface area contributed by atoms with Gasteiger partial charge in [-0.05, 0) is 74.4 Å². The molecule has 3 rings (SSSR count). The number of hydrogen-bond acceptors (Lipinski definition) is 4. The highest BCUT2D eigenvalue weighted by Gasteiger charge is 2.32. The second kappa shape index (κ2) is 13.6. The van der Waals surface area contributed by atoms with Crippen LogP contribution in [-0.2, 0) is 26.2 Å². The Balaban J connectivity index is 1.99. The lowest BCUT2D eigenvalue weighted by Gasteiger charge is -2.32. The Labute approximate surface area is 234 Å². The van der Waals surface area contributed by atoms with E-state index in [1.807, 2.05) is 13.8 Å². The minimum atomic E-state index is -4.26. The first-order valence-corrected chi connectivity index (χ1v) is 14.5. The predicted octanol–water partition coefficient (Wildman–Crippen LogP) is 5.32. The van der Waals surface area contributed by atoms with Crippen molar-refractivity contribution < 1.29 is 22.4 Å². The Morgan fingerprint density at radius 3 is 2.31 bits per heavy atom. The van der Waals surface area contributed by atoms with Crippen LogP contribution in [0.2, 0.25) is 5.02 Å². The first kappa shape index (κ1) is 30.1. The SMILES string of the molecule is CCCCNC(=O)C(C)N(Cc1cccc(Cl)c1)C(=O)CN(c1ccc(C)cc1)S(=O)(=O)c1ccc(F)cc1. The fraction of sp³-hybridized carbons (Fsp3) is 0.310. The van der Waals surface area contributed by atoms with Crippen molar-refractivity contribution >= 4 is 39.1 Å². The molecule has 0 bridgehead atoms. The molecule has 0 radical (unpaired) electrons. The number of carbonyl (C=O) groups is 2. The molecule has 10 heteroatoms. The maximum atomic E-state index is 13.8. The van der Waals surface area contributed by atoms with Crippen molar-refractivity contribution in [3.05, 3.63) is 94.8 Å². The zero-order chi connectivity index (χ0) is 28.6. The van der Waals surface area contributed by atoms with Crippen LogP contribution < -0.4 is 9.62 Å². The standard InChI is InChI=1S/C29H33ClFN3O4S/c1-4-5-17-32-29(36)22(3)33(19-23-7-6-8-24(30)18-23)28(35)20-34(26-13-9-21(2)10-14-26)39(37,38)27-15-11-25(31)12-16-27/h6-16,18,22H,4-5,17,19-20H2,1-3H3,(H,32,36). The van der Waals surface area contributed by atoms with E-state index in [4.69, 9.17) is 11.6 Å². The fourth-order valence-electron chi connectivity index (χ4n) is 3.92.